The number of carbonyl (C=O) groups excluding carboxylic acids is 1. The van der Waals surface area contributed by atoms with Gasteiger partial charge in [0.1, 0.15) is 0 Å². The van der Waals surface area contributed by atoms with Gasteiger partial charge in [-0.05, 0) is 26.2 Å². The second kappa shape index (κ2) is 6.94. The lowest BCUT2D eigenvalue weighted by molar-refractivity contribution is -0.144. The summed E-state index contributed by atoms with van der Waals surface area (Å²) in [4.78, 5) is 19.0. The SMILES string of the molecule is Cc1nc(CO[C@H]2CSC3(C2)CN(C(=O)C2CCOCC2)C3)cs1. The highest BCUT2D eigenvalue weighted by molar-refractivity contribution is 8.01. The predicted molar refractivity (Wildman–Crippen MR) is 95.4 cm³/mol. The second-order valence-corrected chi connectivity index (χ2v) is 9.62. The number of rotatable bonds is 4. The van der Waals surface area contributed by atoms with Crippen molar-refractivity contribution in [1.82, 2.24) is 9.88 Å². The molecule has 1 atom stereocenters. The van der Waals surface area contributed by atoms with Gasteiger partial charge in [-0.15, -0.1) is 23.1 Å². The number of hydrogen-bond acceptors (Lipinski definition) is 6. The topological polar surface area (TPSA) is 51.7 Å². The zero-order chi connectivity index (χ0) is 16.6. The van der Waals surface area contributed by atoms with Gasteiger partial charge in [0.2, 0.25) is 5.91 Å². The summed E-state index contributed by atoms with van der Waals surface area (Å²) >= 11 is 3.66. The van der Waals surface area contributed by atoms with Gasteiger partial charge in [-0.1, -0.05) is 0 Å². The molecule has 4 rings (SSSR count). The molecule has 0 N–H and O–H groups in total. The number of likely N-dealkylation sites (tertiary alicyclic amines) is 1. The van der Waals surface area contributed by atoms with Gasteiger partial charge in [0.25, 0.3) is 0 Å². The highest BCUT2D eigenvalue weighted by Crippen LogP contribution is 2.46. The minimum Gasteiger partial charge on any atom is -0.381 e. The lowest BCUT2D eigenvalue weighted by Crippen LogP contribution is -2.62. The van der Waals surface area contributed by atoms with E-state index >= 15 is 0 Å². The van der Waals surface area contributed by atoms with Gasteiger partial charge in [-0.25, -0.2) is 4.98 Å². The van der Waals surface area contributed by atoms with Gasteiger partial charge in [0.15, 0.2) is 0 Å². The molecule has 5 nitrogen and oxygen atoms in total. The predicted octanol–water partition coefficient (Wildman–Crippen LogP) is 2.48. The molecule has 1 spiro atoms. The highest BCUT2D eigenvalue weighted by atomic mass is 32.2. The number of aromatic nitrogens is 1. The van der Waals surface area contributed by atoms with E-state index in [1.807, 2.05) is 18.7 Å². The van der Waals surface area contributed by atoms with Crippen LogP contribution in [0, 0.1) is 12.8 Å². The summed E-state index contributed by atoms with van der Waals surface area (Å²) in [5.41, 5.74) is 1.04. The molecule has 0 radical (unpaired) electrons. The van der Waals surface area contributed by atoms with Crippen LogP contribution in [0.1, 0.15) is 30.0 Å². The number of thiazole rings is 1. The molecule has 1 aromatic heterocycles. The van der Waals surface area contributed by atoms with Crippen LogP contribution in [0.4, 0.5) is 0 Å². The summed E-state index contributed by atoms with van der Waals surface area (Å²) in [7, 11) is 0. The Morgan fingerprint density at radius 1 is 1.46 bits per heavy atom. The van der Waals surface area contributed by atoms with E-state index in [1.165, 1.54) is 0 Å². The third-order valence-corrected chi connectivity index (χ3v) is 7.55. The third-order valence-electron chi connectivity index (χ3n) is 5.15. The van der Waals surface area contributed by atoms with E-state index in [0.29, 0.717) is 12.5 Å². The quantitative estimate of drug-likeness (QED) is 0.817. The Morgan fingerprint density at radius 3 is 2.96 bits per heavy atom. The molecule has 7 heteroatoms. The fourth-order valence-electron chi connectivity index (χ4n) is 3.82. The van der Waals surface area contributed by atoms with Crippen LogP contribution in [-0.4, -0.2) is 58.7 Å². The molecule has 3 fully saturated rings. The lowest BCUT2D eigenvalue weighted by Gasteiger charge is -2.48. The molecule has 1 amide bonds. The highest BCUT2D eigenvalue weighted by Gasteiger charge is 2.51. The van der Waals surface area contributed by atoms with Gasteiger partial charge < -0.3 is 14.4 Å². The standard InChI is InChI=1S/C17H24N2O3S2/c1-12-18-14(8-23-12)7-22-15-6-17(24-9-15)10-19(11-17)16(20)13-2-4-21-5-3-13/h8,13,15H,2-7,9-11H2,1H3/t15-/m1/s1. The van der Waals surface area contributed by atoms with Crippen molar-refractivity contribution in [3.8, 4) is 0 Å². The molecule has 3 saturated heterocycles. The maximum Gasteiger partial charge on any atom is 0.225 e. The summed E-state index contributed by atoms with van der Waals surface area (Å²) in [6, 6.07) is 0. The monoisotopic (exact) mass is 368 g/mol. The van der Waals surface area contributed by atoms with Gasteiger partial charge in [0, 0.05) is 43.4 Å². The molecule has 24 heavy (non-hydrogen) atoms. The van der Waals surface area contributed by atoms with Crippen LogP contribution in [0.2, 0.25) is 0 Å². The van der Waals surface area contributed by atoms with Gasteiger partial charge in [-0.3, -0.25) is 4.79 Å². The van der Waals surface area contributed by atoms with Crippen molar-refractivity contribution in [2.75, 3.05) is 32.1 Å². The van der Waals surface area contributed by atoms with E-state index in [2.05, 4.69) is 15.3 Å². The van der Waals surface area contributed by atoms with Crippen LogP contribution in [0.15, 0.2) is 5.38 Å². The summed E-state index contributed by atoms with van der Waals surface area (Å²) in [5, 5.41) is 3.16. The zero-order valence-electron chi connectivity index (χ0n) is 14.0. The fraction of sp³-hybridized carbons (Fsp3) is 0.765. The number of amides is 1. The van der Waals surface area contributed by atoms with Crippen molar-refractivity contribution in [1.29, 1.82) is 0 Å². The number of thioether (sulfide) groups is 1. The molecule has 0 aliphatic carbocycles. The largest absolute Gasteiger partial charge is 0.381 e. The first-order chi connectivity index (χ1) is 11.6. The third kappa shape index (κ3) is 3.49. The van der Waals surface area contributed by atoms with E-state index in [1.54, 1.807) is 11.3 Å². The van der Waals surface area contributed by atoms with Crippen LogP contribution < -0.4 is 0 Å². The average Bonchev–Trinajstić information content (AvgIpc) is 3.18. The van der Waals surface area contributed by atoms with Crippen LogP contribution in [-0.2, 0) is 20.9 Å². The smallest absolute Gasteiger partial charge is 0.225 e. The Morgan fingerprint density at radius 2 is 2.25 bits per heavy atom. The van der Waals surface area contributed by atoms with E-state index in [0.717, 1.165) is 62.0 Å². The Kier molecular flexibility index (Phi) is 4.86. The molecule has 4 heterocycles. The molecular formula is C17H24N2O3S2. The van der Waals surface area contributed by atoms with Crippen molar-refractivity contribution >= 4 is 29.0 Å². The average molecular weight is 369 g/mol. The van der Waals surface area contributed by atoms with E-state index in [9.17, 15) is 4.79 Å². The van der Waals surface area contributed by atoms with Gasteiger partial charge in [-0.2, -0.15) is 0 Å². The Bertz CT molecular complexity index is 594. The van der Waals surface area contributed by atoms with Crippen molar-refractivity contribution < 1.29 is 14.3 Å². The van der Waals surface area contributed by atoms with Crippen molar-refractivity contribution in [3.63, 3.8) is 0 Å². The van der Waals surface area contributed by atoms with E-state index < -0.39 is 0 Å². The van der Waals surface area contributed by atoms with Crippen molar-refractivity contribution in [2.24, 2.45) is 5.92 Å². The number of ether oxygens (including phenoxy) is 2. The Labute approximate surface area is 151 Å². The minimum absolute atomic E-state index is 0.183. The summed E-state index contributed by atoms with van der Waals surface area (Å²) in [5.74, 6) is 1.55. The molecule has 3 aliphatic heterocycles. The summed E-state index contributed by atoms with van der Waals surface area (Å²) < 4.78 is 11.6. The van der Waals surface area contributed by atoms with Gasteiger partial charge >= 0.3 is 0 Å². The maximum atomic E-state index is 12.5. The number of aryl methyl sites for hydroxylation is 1. The first-order valence-electron chi connectivity index (χ1n) is 8.67. The van der Waals surface area contributed by atoms with E-state index in [-0.39, 0.29) is 16.8 Å². The minimum atomic E-state index is 0.183. The number of nitrogens with zero attached hydrogens (tertiary/aromatic N) is 2. The number of hydrogen-bond donors (Lipinski definition) is 0. The summed E-state index contributed by atoms with van der Waals surface area (Å²) in [6.45, 7) is 5.88. The molecule has 132 valence electrons. The Hall–Kier alpha value is -0.630. The first-order valence-corrected chi connectivity index (χ1v) is 10.5. The molecule has 3 aliphatic rings. The normalized spacial score (nSPS) is 26.7. The van der Waals surface area contributed by atoms with Crippen LogP contribution in [0.3, 0.4) is 0 Å². The molecule has 0 saturated carbocycles. The van der Waals surface area contributed by atoms with Crippen molar-refractivity contribution in [2.45, 2.75) is 43.6 Å². The molecular weight excluding hydrogens is 344 g/mol. The lowest BCUT2D eigenvalue weighted by atomic mass is 9.89. The molecule has 0 unspecified atom stereocenters. The molecule has 0 bridgehead atoms. The fourth-order valence-corrected chi connectivity index (χ4v) is 5.96. The van der Waals surface area contributed by atoms with Crippen LogP contribution in [0.25, 0.3) is 0 Å². The number of carbonyl (C=O) groups is 1. The zero-order valence-corrected chi connectivity index (χ0v) is 15.7. The molecule has 1 aromatic rings. The first kappa shape index (κ1) is 16.8. The summed E-state index contributed by atoms with van der Waals surface area (Å²) in [6.07, 6.45) is 3.11. The Balaban J connectivity index is 1.23. The molecule has 0 aromatic carbocycles. The van der Waals surface area contributed by atoms with Crippen LogP contribution >= 0.6 is 23.1 Å². The van der Waals surface area contributed by atoms with Crippen LogP contribution in [0.5, 0.6) is 0 Å². The second-order valence-electron chi connectivity index (χ2n) is 7.07. The van der Waals surface area contributed by atoms with Gasteiger partial charge in [0.05, 0.1) is 28.2 Å². The van der Waals surface area contributed by atoms with Crippen molar-refractivity contribution in [3.05, 3.63) is 16.1 Å². The van der Waals surface area contributed by atoms with E-state index in [4.69, 9.17) is 9.47 Å². The maximum absolute atomic E-state index is 12.5.